The van der Waals surface area contributed by atoms with Crippen molar-refractivity contribution >= 4 is 34.9 Å². The minimum absolute atomic E-state index is 0.154. The van der Waals surface area contributed by atoms with Gasteiger partial charge in [0, 0.05) is 22.0 Å². The van der Waals surface area contributed by atoms with Gasteiger partial charge in [0.1, 0.15) is 5.01 Å². The van der Waals surface area contributed by atoms with Gasteiger partial charge in [-0.1, -0.05) is 54.1 Å². The predicted molar refractivity (Wildman–Crippen MR) is 99.9 cm³/mol. The zero-order chi connectivity index (χ0) is 16.8. The molecule has 0 saturated carbocycles. The molecular formula is C19H15ClN2OS. The van der Waals surface area contributed by atoms with Crippen LogP contribution in [0.3, 0.4) is 0 Å². The fourth-order valence-electron chi connectivity index (χ4n) is 2.08. The van der Waals surface area contributed by atoms with Gasteiger partial charge in [0.15, 0.2) is 0 Å². The Bertz CT molecular complexity index is 841. The van der Waals surface area contributed by atoms with Gasteiger partial charge in [-0.05, 0) is 23.8 Å². The molecule has 0 aliphatic carbocycles. The van der Waals surface area contributed by atoms with Crippen LogP contribution in [0.4, 0.5) is 0 Å². The van der Waals surface area contributed by atoms with E-state index >= 15 is 0 Å². The van der Waals surface area contributed by atoms with E-state index in [1.54, 1.807) is 29.5 Å². The summed E-state index contributed by atoms with van der Waals surface area (Å²) in [4.78, 5) is 16.4. The fourth-order valence-corrected chi connectivity index (χ4v) is 3.04. The van der Waals surface area contributed by atoms with Crippen molar-refractivity contribution < 1.29 is 4.79 Å². The first-order valence-corrected chi connectivity index (χ1v) is 8.68. The Balaban J connectivity index is 1.55. The second-order valence-corrected chi connectivity index (χ2v) is 6.41. The fraction of sp³-hybridized carbons (Fsp3) is 0.0526. The van der Waals surface area contributed by atoms with E-state index in [9.17, 15) is 4.79 Å². The molecule has 3 nitrogen and oxygen atoms in total. The van der Waals surface area contributed by atoms with Crippen molar-refractivity contribution in [1.29, 1.82) is 0 Å². The molecule has 1 aromatic heterocycles. The Hall–Kier alpha value is -2.43. The van der Waals surface area contributed by atoms with E-state index in [0.29, 0.717) is 11.6 Å². The van der Waals surface area contributed by atoms with Gasteiger partial charge in [0.2, 0.25) is 5.91 Å². The first kappa shape index (κ1) is 16.4. The van der Waals surface area contributed by atoms with E-state index in [1.807, 2.05) is 47.8 Å². The molecule has 0 atom stereocenters. The number of nitrogens with zero attached hydrogens (tertiary/aromatic N) is 1. The van der Waals surface area contributed by atoms with E-state index in [-0.39, 0.29) is 5.91 Å². The van der Waals surface area contributed by atoms with Gasteiger partial charge in [0.05, 0.1) is 12.2 Å². The molecule has 1 N–H and O–H groups in total. The molecule has 3 rings (SSSR count). The normalized spacial score (nSPS) is 10.9. The second kappa shape index (κ2) is 7.90. The molecular weight excluding hydrogens is 340 g/mol. The number of carbonyl (C=O) groups excluding carboxylic acids is 1. The van der Waals surface area contributed by atoms with Crippen molar-refractivity contribution in [3.05, 3.63) is 82.3 Å². The lowest BCUT2D eigenvalue weighted by Gasteiger charge is -1.99. The molecule has 0 bridgehead atoms. The van der Waals surface area contributed by atoms with Crippen molar-refractivity contribution in [3.8, 4) is 10.6 Å². The van der Waals surface area contributed by atoms with Gasteiger partial charge in [-0.15, -0.1) is 11.3 Å². The largest absolute Gasteiger partial charge is 0.347 e. The maximum Gasteiger partial charge on any atom is 0.244 e. The van der Waals surface area contributed by atoms with Crippen LogP contribution < -0.4 is 5.32 Å². The molecule has 0 aliphatic rings. The molecule has 0 unspecified atom stereocenters. The molecule has 1 heterocycles. The average molecular weight is 355 g/mol. The molecule has 3 aromatic rings. The summed E-state index contributed by atoms with van der Waals surface area (Å²) in [7, 11) is 0. The van der Waals surface area contributed by atoms with E-state index < -0.39 is 0 Å². The Morgan fingerprint density at radius 1 is 1.12 bits per heavy atom. The number of carbonyl (C=O) groups is 1. The van der Waals surface area contributed by atoms with Gasteiger partial charge in [-0.3, -0.25) is 4.79 Å². The molecule has 0 saturated heterocycles. The van der Waals surface area contributed by atoms with Gasteiger partial charge < -0.3 is 5.32 Å². The number of nitrogens with one attached hydrogen (secondary N) is 1. The van der Waals surface area contributed by atoms with Crippen LogP contribution in [0.2, 0.25) is 5.02 Å². The monoisotopic (exact) mass is 354 g/mol. The quantitative estimate of drug-likeness (QED) is 0.669. The van der Waals surface area contributed by atoms with E-state index in [2.05, 4.69) is 10.3 Å². The third kappa shape index (κ3) is 4.54. The molecule has 0 aliphatic heterocycles. The van der Waals surface area contributed by atoms with E-state index in [4.69, 9.17) is 11.6 Å². The van der Waals surface area contributed by atoms with Crippen LogP contribution in [0, 0.1) is 0 Å². The molecule has 24 heavy (non-hydrogen) atoms. The number of rotatable bonds is 5. The summed E-state index contributed by atoms with van der Waals surface area (Å²) in [6.45, 7) is 0.410. The first-order valence-electron chi connectivity index (χ1n) is 7.42. The van der Waals surface area contributed by atoms with Crippen molar-refractivity contribution in [2.45, 2.75) is 6.54 Å². The van der Waals surface area contributed by atoms with Gasteiger partial charge in [-0.2, -0.15) is 0 Å². The molecule has 0 fully saturated rings. The summed E-state index contributed by atoms with van der Waals surface area (Å²) >= 11 is 7.40. The summed E-state index contributed by atoms with van der Waals surface area (Å²) in [6.07, 6.45) is 3.26. The van der Waals surface area contributed by atoms with Crippen molar-refractivity contribution in [1.82, 2.24) is 10.3 Å². The van der Waals surface area contributed by atoms with Crippen LogP contribution in [-0.2, 0) is 11.3 Å². The number of hydrogen-bond acceptors (Lipinski definition) is 3. The van der Waals surface area contributed by atoms with Gasteiger partial charge in [-0.25, -0.2) is 4.98 Å². The minimum Gasteiger partial charge on any atom is -0.347 e. The Kier molecular flexibility index (Phi) is 5.41. The summed E-state index contributed by atoms with van der Waals surface area (Å²) in [5, 5.41) is 6.43. The molecule has 0 radical (unpaired) electrons. The number of aromatic nitrogens is 1. The van der Waals surface area contributed by atoms with Crippen LogP contribution in [0.15, 0.2) is 66.1 Å². The van der Waals surface area contributed by atoms with Gasteiger partial charge >= 0.3 is 0 Å². The highest BCUT2D eigenvalue weighted by molar-refractivity contribution is 7.13. The lowest BCUT2D eigenvalue weighted by molar-refractivity contribution is -0.116. The summed E-state index contributed by atoms with van der Waals surface area (Å²) in [6, 6.07) is 17.3. The SMILES string of the molecule is O=C(/C=C/c1ccc(Cl)cc1)NCc1csc(-c2ccccc2)n1. The number of halogens is 1. The Morgan fingerprint density at radius 2 is 1.88 bits per heavy atom. The Morgan fingerprint density at radius 3 is 2.62 bits per heavy atom. The average Bonchev–Trinajstić information content (AvgIpc) is 3.09. The molecule has 120 valence electrons. The van der Waals surface area contributed by atoms with Crippen molar-refractivity contribution in [2.24, 2.45) is 0 Å². The lowest BCUT2D eigenvalue weighted by Crippen LogP contribution is -2.20. The van der Waals surface area contributed by atoms with Crippen LogP contribution in [0.5, 0.6) is 0 Å². The standard InChI is InChI=1S/C19H15ClN2OS/c20-16-9-6-14(7-10-16)8-11-18(23)21-12-17-13-24-19(22-17)15-4-2-1-3-5-15/h1-11,13H,12H2,(H,21,23)/b11-8+. The summed E-state index contributed by atoms with van der Waals surface area (Å²) < 4.78 is 0. The number of thiazole rings is 1. The molecule has 0 spiro atoms. The smallest absolute Gasteiger partial charge is 0.244 e. The zero-order valence-corrected chi connectivity index (χ0v) is 14.3. The highest BCUT2D eigenvalue weighted by Crippen LogP contribution is 2.23. The lowest BCUT2D eigenvalue weighted by atomic mass is 10.2. The van der Waals surface area contributed by atoms with Crippen LogP contribution in [0.25, 0.3) is 16.6 Å². The van der Waals surface area contributed by atoms with E-state index in [0.717, 1.165) is 21.8 Å². The topological polar surface area (TPSA) is 42.0 Å². The van der Waals surface area contributed by atoms with Crippen LogP contribution in [-0.4, -0.2) is 10.9 Å². The minimum atomic E-state index is -0.154. The maximum atomic E-state index is 11.9. The second-order valence-electron chi connectivity index (χ2n) is 5.11. The molecule has 2 aromatic carbocycles. The third-order valence-electron chi connectivity index (χ3n) is 3.31. The summed E-state index contributed by atoms with van der Waals surface area (Å²) in [5.41, 5.74) is 2.87. The zero-order valence-electron chi connectivity index (χ0n) is 12.8. The first-order chi connectivity index (χ1) is 11.7. The highest BCUT2D eigenvalue weighted by atomic mass is 35.5. The number of benzene rings is 2. The predicted octanol–water partition coefficient (Wildman–Crippen LogP) is 4.79. The van der Waals surface area contributed by atoms with Gasteiger partial charge in [0.25, 0.3) is 0 Å². The third-order valence-corrected chi connectivity index (χ3v) is 4.51. The van der Waals surface area contributed by atoms with E-state index in [1.165, 1.54) is 6.08 Å². The molecule has 5 heteroatoms. The number of amides is 1. The maximum absolute atomic E-state index is 11.9. The molecule has 1 amide bonds. The van der Waals surface area contributed by atoms with Crippen LogP contribution in [0.1, 0.15) is 11.3 Å². The summed E-state index contributed by atoms with van der Waals surface area (Å²) in [5.74, 6) is -0.154. The van der Waals surface area contributed by atoms with Crippen molar-refractivity contribution in [2.75, 3.05) is 0 Å². The van der Waals surface area contributed by atoms with Crippen molar-refractivity contribution in [3.63, 3.8) is 0 Å². The van der Waals surface area contributed by atoms with Crippen LogP contribution >= 0.6 is 22.9 Å². The highest BCUT2D eigenvalue weighted by Gasteiger charge is 2.05. The number of hydrogen-bond donors (Lipinski definition) is 1. The Labute approximate surface area is 149 Å².